The molecule has 19 heavy (non-hydrogen) atoms. The Hall–Kier alpha value is -1.14. The van der Waals surface area contributed by atoms with Crippen molar-refractivity contribution in [2.24, 2.45) is 0 Å². The van der Waals surface area contributed by atoms with Crippen molar-refractivity contribution in [2.75, 3.05) is 25.0 Å². The number of pyridine rings is 1. The van der Waals surface area contributed by atoms with Crippen LogP contribution in [-0.4, -0.2) is 37.3 Å². The number of nitrogens with one attached hydrogen (secondary N) is 1. The van der Waals surface area contributed by atoms with Crippen LogP contribution in [0, 0.1) is 0 Å². The fourth-order valence-corrected chi connectivity index (χ4v) is 3.71. The Bertz CT molecular complexity index is 510. The van der Waals surface area contributed by atoms with Crippen molar-refractivity contribution in [1.82, 2.24) is 9.29 Å². The molecule has 1 aliphatic rings. The third kappa shape index (κ3) is 3.45. The highest BCUT2D eigenvalue weighted by molar-refractivity contribution is 7.89. The van der Waals surface area contributed by atoms with Crippen LogP contribution in [0.25, 0.3) is 0 Å². The van der Waals surface area contributed by atoms with E-state index in [1.54, 1.807) is 22.6 Å². The van der Waals surface area contributed by atoms with Gasteiger partial charge in [-0.3, -0.25) is 0 Å². The third-order valence-electron chi connectivity index (χ3n) is 3.24. The van der Waals surface area contributed by atoms with Gasteiger partial charge in [-0.15, -0.1) is 0 Å². The minimum absolute atomic E-state index is 0.336. The van der Waals surface area contributed by atoms with Gasteiger partial charge in [-0.2, -0.15) is 4.31 Å². The Morgan fingerprint density at radius 1 is 1.32 bits per heavy atom. The van der Waals surface area contributed by atoms with Crippen molar-refractivity contribution in [2.45, 2.75) is 37.5 Å². The molecule has 5 nitrogen and oxygen atoms in total. The van der Waals surface area contributed by atoms with Gasteiger partial charge in [0.25, 0.3) is 0 Å². The maximum absolute atomic E-state index is 12.5. The first-order chi connectivity index (χ1) is 9.14. The molecule has 1 fully saturated rings. The first-order valence-corrected chi connectivity index (χ1v) is 8.28. The minimum atomic E-state index is -3.36. The zero-order chi connectivity index (χ0) is 13.7. The van der Waals surface area contributed by atoms with Crippen molar-refractivity contribution in [3.05, 3.63) is 18.3 Å². The molecule has 1 saturated heterocycles. The maximum atomic E-state index is 12.5. The summed E-state index contributed by atoms with van der Waals surface area (Å²) < 4.78 is 26.5. The number of anilines is 1. The molecule has 0 spiro atoms. The SMILES string of the molecule is CCCNc1cc(S(=O)(=O)N2CCCCC2)ccn1. The molecule has 0 aliphatic carbocycles. The summed E-state index contributed by atoms with van der Waals surface area (Å²) in [6, 6.07) is 3.20. The average molecular weight is 283 g/mol. The quantitative estimate of drug-likeness (QED) is 0.898. The van der Waals surface area contributed by atoms with E-state index in [4.69, 9.17) is 0 Å². The van der Waals surface area contributed by atoms with Crippen LogP contribution in [0.4, 0.5) is 5.82 Å². The summed E-state index contributed by atoms with van der Waals surface area (Å²) in [4.78, 5) is 4.48. The molecule has 1 N–H and O–H groups in total. The van der Waals surface area contributed by atoms with E-state index in [1.165, 1.54) is 0 Å². The molecule has 0 aromatic carbocycles. The predicted molar refractivity (Wildman–Crippen MR) is 75.6 cm³/mol. The van der Waals surface area contributed by atoms with Crippen molar-refractivity contribution < 1.29 is 8.42 Å². The van der Waals surface area contributed by atoms with E-state index in [1.807, 2.05) is 0 Å². The number of hydrogen-bond acceptors (Lipinski definition) is 4. The number of rotatable bonds is 5. The molecular weight excluding hydrogens is 262 g/mol. The van der Waals surface area contributed by atoms with Crippen molar-refractivity contribution >= 4 is 15.8 Å². The lowest BCUT2D eigenvalue weighted by atomic mass is 10.2. The van der Waals surface area contributed by atoms with E-state index in [2.05, 4.69) is 17.2 Å². The van der Waals surface area contributed by atoms with Gasteiger partial charge in [-0.05, 0) is 25.3 Å². The molecule has 0 saturated carbocycles. The Morgan fingerprint density at radius 2 is 2.05 bits per heavy atom. The van der Waals surface area contributed by atoms with Gasteiger partial charge in [0.15, 0.2) is 0 Å². The predicted octanol–water partition coefficient (Wildman–Crippen LogP) is 2.08. The highest BCUT2D eigenvalue weighted by Crippen LogP contribution is 2.21. The molecule has 0 amide bonds. The number of aromatic nitrogens is 1. The van der Waals surface area contributed by atoms with E-state index >= 15 is 0 Å². The van der Waals surface area contributed by atoms with Gasteiger partial charge in [0, 0.05) is 31.9 Å². The van der Waals surface area contributed by atoms with Crippen LogP contribution in [0.3, 0.4) is 0 Å². The summed E-state index contributed by atoms with van der Waals surface area (Å²) in [6.45, 7) is 4.10. The van der Waals surface area contributed by atoms with E-state index in [-0.39, 0.29) is 0 Å². The normalized spacial score (nSPS) is 17.3. The molecule has 2 rings (SSSR count). The molecule has 106 valence electrons. The minimum Gasteiger partial charge on any atom is -0.370 e. The summed E-state index contributed by atoms with van der Waals surface area (Å²) in [5.74, 6) is 0.625. The molecule has 0 atom stereocenters. The third-order valence-corrected chi connectivity index (χ3v) is 5.13. The fraction of sp³-hybridized carbons (Fsp3) is 0.615. The van der Waals surface area contributed by atoms with Crippen LogP contribution in [-0.2, 0) is 10.0 Å². The number of nitrogens with zero attached hydrogens (tertiary/aromatic N) is 2. The number of sulfonamides is 1. The summed E-state index contributed by atoms with van der Waals surface area (Å²) in [6.07, 6.45) is 5.54. The molecule has 0 bridgehead atoms. The van der Waals surface area contributed by atoms with Gasteiger partial charge in [0.05, 0.1) is 4.90 Å². The van der Waals surface area contributed by atoms with Gasteiger partial charge < -0.3 is 5.32 Å². The lowest BCUT2D eigenvalue weighted by Crippen LogP contribution is -2.35. The van der Waals surface area contributed by atoms with Gasteiger partial charge in [-0.25, -0.2) is 13.4 Å². The smallest absolute Gasteiger partial charge is 0.243 e. The van der Waals surface area contributed by atoms with E-state index in [0.717, 1.165) is 32.2 Å². The monoisotopic (exact) mass is 283 g/mol. The first-order valence-electron chi connectivity index (χ1n) is 6.84. The fourth-order valence-electron chi connectivity index (χ4n) is 2.18. The zero-order valence-electron chi connectivity index (χ0n) is 11.3. The summed E-state index contributed by atoms with van der Waals surface area (Å²) >= 11 is 0. The second-order valence-electron chi connectivity index (χ2n) is 4.77. The second kappa shape index (κ2) is 6.34. The Balaban J connectivity index is 2.19. The van der Waals surface area contributed by atoms with Crippen molar-refractivity contribution in [1.29, 1.82) is 0 Å². The van der Waals surface area contributed by atoms with Crippen LogP contribution in [0.15, 0.2) is 23.2 Å². The van der Waals surface area contributed by atoms with Gasteiger partial charge in [-0.1, -0.05) is 13.3 Å². The highest BCUT2D eigenvalue weighted by atomic mass is 32.2. The molecule has 1 aliphatic heterocycles. The summed E-state index contributed by atoms with van der Waals surface area (Å²) in [5.41, 5.74) is 0. The Kier molecular flexibility index (Phi) is 4.76. The van der Waals surface area contributed by atoms with E-state index < -0.39 is 10.0 Å². The maximum Gasteiger partial charge on any atom is 0.243 e. The molecule has 1 aromatic heterocycles. The van der Waals surface area contributed by atoms with Gasteiger partial charge >= 0.3 is 0 Å². The number of hydrogen-bond donors (Lipinski definition) is 1. The molecular formula is C13H21N3O2S. The Morgan fingerprint density at radius 3 is 2.74 bits per heavy atom. The lowest BCUT2D eigenvalue weighted by Gasteiger charge is -2.25. The van der Waals surface area contributed by atoms with E-state index in [9.17, 15) is 8.42 Å². The molecule has 0 radical (unpaired) electrons. The molecule has 2 heterocycles. The number of piperidine rings is 1. The highest BCUT2D eigenvalue weighted by Gasteiger charge is 2.26. The summed E-state index contributed by atoms with van der Waals surface area (Å²) in [5, 5.41) is 3.12. The van der Waals surface area contributed by atoms with Crippen LogP contribution < -0.4 is 5.32 Å². The zero-order valence-corrected chi connectivity index (χ0v) is 12.1. The Labute approximate surface area is 115 Å². The standard InChI is InChI=1S/C13H21N3O2S/c1-2-7-14-13-11-12(6-8-15-13)19(17,18)16-9-4-3-5-10-16/h6,8,11H,2-5,7,9-10H2,1H3,(H,14,15). The van der Waals surface area contributed by atoms with Crippen molar-refractivity contribution in [3.63, 3.8) is 0 Å². The van der Waals surface area contributed by atoms with E-state index in [0.29, 0.717) is 23.8 Å². The average Bonchev–Trinajstić information content (AvgIpc) is 2.46. The van der Waals surface area contributed by atoms with Crippen LogP contribution in [0.2, 0.25) is 0 Å². The molecule has 0 unspecified atom stereocenters. The lowest BCUT2D eigenvalue weighted by molar-refractivity contribution is 0.346. The van der Waals surface area contributed by atoms with Crippen LogP contribution in [0.5, 0.6) is 0 Å². The molecule has 6 heteroatoms. The second-order valence-corrected chi connectivity index (χ2v) is 6.71. The van der Waals surface area contributed by atoms with Gasteiger partial charge in [0.2, 0.25) is 10.0 Å². The van der Waals surface area contributed by atoms with Crippen LogP contribution in [0.1, 0.15) is 32.6 Å². The largest absolute Gasteiger partial charge is 0.370 e. The topological polar surface area (TPSA) is 62.3 Å². The van der Waals surface area contributed by atoms with Crippen LogP contribution >= 0.6 is 0 Å². The molecule has 1 aromatic rings. The van der Waals surface area contributed by atoms with Gasteiger partial charge in [0.1, 0.15) is 5.82 Å². The first kappa shape index (κ1) is 14.3. The summed E-state index contributed by atoms with van der Waals surface area (Å²) in [7, 11) is -3.36. The van der Waals surface area contributed by atoms with Crippen molar-refractivity contribution in [3.8, 4) is 0 Å².